The standard InChI is InChI=1S/C13H16F4N2/c1-18-4-6-19(7-5-18)9-10-8-11(14)2-3-12(10)13(15,16)17/h2-3,8H,4-7,9H2,1H3. The Morgan fingerprint density at radius 1 is 1.11 bits per heavy atom. The third kappa shape index (κ3) is 3.67. The van der Waals surface area contributed by atoms with Crippen LogP contribution >= 0.6 is 0 Å². The summed E-state index contributed by atoms with van der Waals surface area (Å²) in [5.41, 5.74) is -0.732. The smallest absolute Gasteiger partial charge is 0.304 e. The van der Waals surface area contributed by atoms with Gasteiger partial charge in [-0.05, 0) is 30.8 Å². The summed E-state index contributed by atoms with van der Waals surface area (Å²) in [6.45, 7) is 3.17. The number of hydrogen-bond donors (Lipinski definition) is 0. The molecule has 1 aliphatic heterocycles. The van der Waals surface area contributed by atoms with E-state index in [2.05, 4.69) is 4.90 Å². The van der Waals surface area contributed by atoms with Crippen LogP contribution in [0.5, 0.6) is 0 Å². The molecule has 1 heterocycles. The number of benzene rings is 1. The van der Waals surface area contributed by atoms with Gasteiger partial charge in [-0.1, -0.05) is 0 Å². The average molecular weight is 276 g/mol. The zero-order chi connectivity index (χ0) is 14.0. The van der Waals surface area contributed by atoms with Crippen molar-refractivity contribution in [2.75, 3.05) is 33.2 Å². The fourth-order valence-corrected chi connectivity index (χ4v) is 2.22. The van der Waals surface area contributed by atoms with Crippen LogP contribution in [0, 0.1) is 5.82 Å². The second-order valence-corrected chi connectivity index (χ2v) is 4.88. The Labute approximate surface area is 109 Å². The van der Waals surface area contributed by atoms with E-state index in [0.29, 0.717) is 13.1 Å². The minimum absolute atomic E-state index is 0.0112. The first-order valence-corrected chi connectivity index (χ1v) is 6.13. The fourth-order valence-electron chi connectivity index (χ4n) is 2.22. The molecule has 19 heavy (non-hydrogen) atoms. The highest BCUT2D eigenvalue weighted by molar-refractivity contribution is 5.30. The number of alkyl halides is 3. The summed E-state index contributed by atoms with van der Waals surface area (Å²) in [5, 5.41) is 0. The Bertz CT molecular complexity index is 437. The van der Waals surface area contributed by atoms with Crippen LogP contribution in [0.3, 0.4) is 0 Å². The summed E-state index contributed by atoms with van der Waals surface area (Å²) in [7, 11) is 1.97. The molecule has 0 atom stereocenters. The van der Waals surface area contributed by atoms with Crippen LogP contribution in [-0.2, 0) is 12.7 Å². The van der Waals surface area contributed by atoms with E-state index in [0.717, 1.165) is 31.3 Å². The third-order valence-corrected chi connectivity index (χ3v) is 3.36. The Balaban J connectivity index is 2.17. The van der Waals surface area contributed by atoms with Gasteiger partial charge in [0.05, 0.1) is 5.56 Å². The zero-order valence-corrected chi connectivity index (χ0v) is 10.7. The second-order valence-electron chi connectivity index (χ2n) is 4.88. The van der Waals surface area contributed by atoms with Crippen LogP contribution in [-0.4, -0.2) is 43.0 Å². The predicted molar refractivity (Wildman–Crippen MR) is 64.2 cm³/mol. The molecular formula is C13H16F4N2. The fraction of sp³-hybridized carbons (Fsp3) is 0.538. The van der Waals surface area contributed by atoms with Crippen molar-refractivity contribution in [3.8, 4) is 0 Å². The van der Waals surface area contributed by atoms with E-state index in [9.17, 15) is 17.6 Å². The lowest BCUT2D eigenvalue weighted by Gasteiger charge is -2.32. The van der Waals surface area contributed by atoms with Crippen molar-refractivity contribution >= 4 is 0 Å². The van der Waals surface area contributed by atoms with Crippen LogP contribution in [0.2, 0.25) is 0 Å². The van der Waals surface area contributed by atoms with Crippen molar-refractivity contribution in [3.63, 3.8) is 0 Å². The molecule has 0 unspecified atom stereocenters. The lowest BCUT2D eigenvalue weighted by atomic mass is 10.1. The van der Waals surface area contributed by atoms with Gasteiger partial charge in [-0.25, -0.2) is 4.39 Å². The van der Waals surface area contributed by atoms with Gasteiger partial charge in [0.25, 0.3) is 0 Å². The number of nitrogens with zero attached hydrogens (tertiary/aromatic N) is 2. The minimum atomic E-state index is -4.43. The van der Waals surface area contributed by atoms with Crippen molar-refractivity contribution in [3.05, 3.63) is 35.1 Å². The first-order valence-electron chi connectivity index (χ1n) is 6.13. The van der Waals surface area contributed by atoms with Crippen LogP contribution < -0.4 is 0 Å². The number of rotatable bonds is 2. The van der Waals surface area contributed by atoms with Gasteiger partial charge in [0.1, 0.15) is 5.82 Å². The third-order valence-electron chi connectivity index (χ3n) is 3.36. The van der Waals surface area contributed by atoms with Crippen LogP contribution in [0.15, 0.2) is 18.2 Å². The highest BCUT2D eigenvalue weighted by Crippen LogP contribution is 2.33. The zero-order valence-electron chi connectivity index (χ0n) is 10.7. The summed E-state index contributed by atoms with van der Waals surface area (Å²) >= 11 is 0. The molecule has 2 rings (SSSR count). The minimum Gasteiger partial charge on any atom is -0.304 e. The van der Waals surface area contributed by atoms with Gasteiger partial charge in [-0.3, -0.25) is 4.90 Å². The molecule has 1 fully saturated rings. The Kier molecular flexibility index (Phi) is 4.10. The molecular weight excluding hydrogens is 260 g/mol. The van der Waals surface area contributed by atoms with Crippen LogP contribution in [0.25, 0.3) is 0 Å². The van der Waals surface area contributed by atoms with E-state index >= 15 is 0 Å². The quantitative estimate of drug-likeness (QED) is 0.766. The molecule has 0 aliphatic carbocycles. The molecule has 0 radical (unpaired) electrons. The lowest BCUT2D eigenvalue weighted by molar-refractivity contribution is -0.138. The Hall–Kier alpha value is -1.14. The van der Waals surface area contributed by atoms with Crippen molar-refractivity contribution < 1.29 is 17.6 Å². The first kappa shape index (κ1) is 14.3. The number of likely N-dealkylation sites (N-methyl/N-ethyl adjacent to an activating group) is 1. The van der Waals surface area contributed by atoms with E-state index in [4.69, 9.17) is 0 Å². The van der Waals surface area contributed by atoms with E-state index < -0.39 is 17.6 Å². The van der Waals surface area contributed by atoms with Crippen molar-refractivity contribution in [2.45, 2.75) is 12.7 Å². The normalized spacial score (nSPS) is 18.8. The maximum absolute atomic E-state index is 13.2. The molecule has 1 aromatic carbocycles. The maximum Gasteiger partial charge on any atom is 0.416 e. The van der Waals surface area contributed by atoms with Gasteiger partial charge in [0, 0.05) is 32.7 Å². The number of halogens is 4. The topological polar surface area (TPSA) is 6.48 Å². The molecule has 6 heteroatoms. The maximum atomic E-state index is 13.2. The van der Waals surface area contributed by atoms with Crippen molar-refractivity contribution in [1.82, 2.24) is 9.80 Å². The molecule has 1 aromatic rings. The van der Waals surface area contributed by atoms with Gasteiger partial charge in [0.15, 0.2) is 0 Å². The van der Waals surface area contributed by atoms with Gasteiger partial charge in [0.2, 0.25) is 0 Å². The largest absolute Gasteiger partial charge is 0.416 e. The molecule has 2 nitrogen and oxygen atoms in total. The molecule has 1 aliphatic rings. The summed E-state index contributed by atoms with van der Waals surface area (Å²) in [6, 6.07) is 2.66. The molecule has 0 saturated carbocycles. The van der Waals surface area contributed by atoms with Gasteiger partial charge >= 0.3 is 6.18 Å². The molecule has 0 aromatic heterocycles. The van der Waals surface area contributed by atoms with Crippen LogP contribution in [0.1, 0.15) is 11.1 Å². The molecule has 106 valence electrons. The monoisotopic (exact) mass is 276 g/mol. The Morgan fingerprint density at radius 3 is 2.32 bits per heavy atom. The number of piperazine rings is 1. The van der Waals surface area contributed by atoms with Gasteiger partial charge < -0.3 is 4.90 Å². The van der Waals surface area contributed by atoms with E-state index in [1.54, 1.807) is 0 Å². The Morgan fingerprint density at radius 2 is 1.74 bits per heavy atom. The summed E-state index contributed by atoms with van der Waals surface area (Å²) < 4.78 is 51.7. The van der Waals surface area contributed by atoms with E-state index in [1.807, 2.05) is 11.9 Å². The van der Waals surface area contributed by atoms with Crippen LogP contribution in [0.4, 0.5) is 17.6 Å². The second kappa shape index (κ2) is 5.46. The molecule has 0 amide bonds. The van der Waals surface area contributed by atoms with Gasteiger partial charge in [-0.15, -0.1) is 0 Å². The highest BCUT2D eigenvalue weighted by atomic mass is 19.4. The predicted octanol–water partition coefficient (Wildman–Crippen LogP) is 2.59. The SMILES string of the molecule is CN1CCN(Cc2cc(F)ccc2C(F)(F)F)CC1. The summed E-state index contributed by atoms with van der Waals surface area (Å²) in [4.78, 5) is 4.04. The summed E-state index contributed by atoms with van der Waals surface area (Å²) in [5.74, 6) is -0.628. The molecule has 0 N–H and O–H groups in total. The average Bonchev–Trinajstić information content (AvgIpc) is 2.30. The summed E-state index contributed by atoms with van der Waals surface area (Å²) in [6.07, 6.45) is -4.43. The lowest BCUT2D eigenvalue weighted by Crippen LogP contribution is -2.44. The van der Waals surface area contributed by atoms with E-state index in [1.165, 1.54) is 0 Å². The van der Waals surface area contributed by atoms with Gasteiger partial charge in [-0.2, -0.15) is 13.2 Å². The number of hydrogen-bond acceptors (Lipinski definition) is 2. The highest BCUT2D eigenvalue weighted by Gasteiger charge is 2.33. The van der Waals surface area contributed by atoms with E-state index in [-0.39, 0.29) is 12.1 Å². The molecule has 0 spiro atoms. The molecule has 0 bridgehead atoms. The van der Waals surface area contributed by atoms with Crippen molar-refractivity contribution in [1.29, 1.82) is 0 Å². The molecule has 1 saturated heterocycles. The van der Waals surface area contributed by atoms with Crippen molar-refractivity contribution in [2.24, 2.45) is 0 Å². The first-order chi connectivity index (χ1) is 8.86.